The molecule has 94 valence electrons. The van der Waals surface area contributed by atoms with Gasteiger partial charge in [0.05, 0.1) is 6.61 Å². The zero-order valence-electron chi connectivity index (χ0n) is 9.58. The highest BCUT2D eigenvalue weighted by Crippen LogP contribution is 2.22. The molecule has 3 nitrogen and oxygen atoms in total. The van der Waals surface area contributed by atoms with Crippen LogP contribution in [0.15, 0.2) is 18.2 Å². The van der Waals surface area contributed by atoms with Crippen LogP contribution in [0.3, 0.4) is 0 Å². The molecule has 0 radical (unpaired) electrons. The fourth-order valence-electron chi connectivity index (χ4n) is 1.89. The summed E-state index contributed by atoms with van der Waals surface area (Å²) in [5, 5.41) is 3.09. The number of rotatable bonds is 3. The van der Waals surface area contributed by atoms with E-state index in [1.54, 1.807) is 0 Å². The summed E-state index contributed by atoms with van der Waals surface area (Å²) in [6.07, 6.45) is 0.489. The highest BCUT2D eigenvalue weighted by Gasteiger charge is 2.27. The first-order chi connectivity index (χ1) is 8.20. The lowest BCUT2D eigenvalue weighted by atomic mass is 10.1. The highest BCUT2D eigenvalue weighted by atomic mass is 19.1. The fraction of sp³-hybridized carbons (Fsp3) is 0.500. The first kappa shape index (κ1) is 12.3. The van der Waals surface area contributed by atoms with Crippen molar-refractivity contribution in [2.75, 3.05) is 20.3 Å². The number of benzene rings is 1. The molecule has 1 N–H and O–H groups in total. The van der Waals surface area contributed by atoms with Crippen LogP contribution in [0.5, 0.6) is 5.75 Å². The topological polar surface area (TPSA) is 30.5 Å². The van der Waals surface area contributed by atoms with Gasteiger partial charge >= 0.3 is 0 Å². The number of likely N-dealkylation sites (N-methyl/N-ethyl adjacent to an activating group) is 1. The highest BCUT2D eigenvalue weighted by molar-refractivity contribution is 5.25. The zero-order valence-corrected chi connectivity index (χ0v) is 9.58. The Kier molecular flexibility index (Phi) is 3.91. The van der Waals surface area contributed by atoms with Gasteiger partial charge in [0.2, 0.25) is 0 Å². The molecule has 1 aromatic rings. The molecule has 1 aromatic carbocycles. The lowest BCUT2D eigenvalue weighted by Gasteiger charge is -2.31. The van der Waals surface area contributed by atoms with Crippen molar-refractivity contribution in [1.29, 1.82) is 0 Å². The number of ether oxygens (including phenoxy) is 2. The lowest BCUT2D eigenvalue weighted by molar-refractivity contribution is -0.0144. The Balaban J connectivity index is 2.10. The van der Waals surface area contributed by atoms with Gasteiger partial charge in [-0.15, -0.1) is 0 Å². The molecule has 1 saturated heterocycles. The normalized spacial score (nSPS) is 24.6. The van der Waals surface area contributed by atoms with E-state index in [1.807, 2.05) is 7.05 Å². The van der Waals surface area contributed by atoms with Crippen LogP contribution in [-0.4, -0.2) is 32.4 Å². The van der Waals surface area contributed by atoms with Crippen molar-refractivity contribution in [2.45, 2.75) is 18.6 Å². The van der Waals surface area contributed by atoms with E-state index in [9.17, 15) is 8.78 Å². The van der Waals surface area contributed by atoms with Gasteiger partial charge in [-0.05, 0) is 25.6 Å². The van der Waals surface area contributed by atoms with E-state index < -0.39 is 11.6 Å². The predicted octanol–water partition coefficient (Wildman–Crippen LogP) is 1.72. The maximum atomic E-state index is 13.4. The van der Waals surface area contributed by atoms with Crippen LogP contribution in [0, 0.1) is 11.6 Å². The molecule has 0 aliphatic carbocycles. The summed E-state index contributed by atoms with van der Waals surface area (Å²) in [7, 11) is 1.81. The van der Waals surface area contributed by atoms with Crippen LogP contribution in [0.2, 0.25) is 0 Å². The van der Waals surface area contributed by atoms with Gasteiger partial charge in [-0.2, -0.15) is 0 Å². The summed E-state index contributed by atoms with van der Waals surface area (Å²) in [4.78, 5) is 0. The molecule has 2 rings (SSSR count). The largest absolute Gasteiger partial charge is 0.483 e. The molecule has 0 spiro atoms. The number of hydrogen-bond donors (Lipinski definition) is 1. The van der Waals surface area contributed by atoms with Gasteiger partial charge in [0.1, 0.15) is 11.9 Å². The van der Waals surface area contributed by atoms with E-state index in [0.29, 0.717) is 13.2 Å². The molecule has 0 aromatic heterocycles. The molecule has 1 aliphatic heterocycles. The third kappa shape index (κ3) is 2.92. The van der Waals surface area contributed by atoms with Gasteiger partial charge < -0.3 is 14.8 Å². The smallest absolute Gasteiger partial charge is 0.165 e. The van der Waals surface area contributed by atoms with Crippen molar-refractivity contribution < 1.29 is 18.3 Å². The monoisotopic (exact) mass is 243 g/mol. The Bertz CT molecular complexity index is 387. The molecular formula is C12H15F2NO2. The van der Waals surface area contributed by atoms with Gasteiger partial charge in [0.25, 0.3) is 0 Å². The Labute approximate surface area is 98.7 Å². The maximum Gasteiger partial charge on any atom is 0.165 e. The third-order valence-corrected chi connectivity index (χ3v) is 2.85. The average molecular weight is 243 g/mol. The second-order valence-electron chi connectivity index (χ2n) is 3.99. The molecule has 5 heteroatoms. The van der Waals surface area contributed by atoms with E-state index in [0.717, 1.165) is 24.6 Å². The Morgan fingerprint density at radius 3 is 3.00 bits per heavy atom. The first-order valence-corrected chi connectivity index (χ1v) is 5.57. The number of halogens is 2. The molecule has 1 heterocycles. The van der Waals surface area contributed by atoms with Crippen LogP contribution in [0.1, 0.15) is 6.42 Å². The van der Waals surface area contributed by atoms with Crippen molar-refractivity contribution >= 4 is 0 Å². The number of hydrogen-bond acceptors (Lipinski definition) is 3. The minimum Gasteiger partial charge on any atom is -0.483 e. The van der Waals surface area contributed by atoms with E-state index in [-0.39, 0.29) is 17.9 Å². The zero-order chi connectivity index (χ0) is 12.3. The predicted molar refractivity (Wildman–Crippen MR) is 59.1 cm³/mol. The molecule has 1 aliphatic rings. The first-order valence-electron chi connectivity index (χ1n) is 5.57. The Morgan fingerprint density at radius 2 is 2.24 bits per heavy atom. The third-order valence-electron chi connectivity index (χ3n) is 2.85. The minimum absolute atomic E-state index is 0.0687. The van der Waals surface area contributed by atoms with Crippen LogP contribution in [0.4, 0.5) is 8.78 Å². The molecule has 0 amide bonds. The molecule has 0 bridgehead atoms. The molecule has 2 unspecified atom stereocenters. The molecule has 2 atom stereocenters. The lowest BCUT2D eigenvalue weighted by Crippen LogP contribution is -2.48. The average Bonchev–Trinajstić information content (AvgIpc) is 2.34. The molecular weight excluding hydrogens is 228 g/mol. The Morgan fingerprint density at radius 1 is 1.41 bits per heavy atom. The second kappa shape index (κ2) is 5.42. The summed E-state index contributed by atoms with van der Waals surface area (Å²) < 4.78 is 37.1. The quantitative estimate of drug-likeness (QED) is 0.876. The molecule has 17 heavy (non-hydrogen) atoms. The van der Waals surface area contributed by atoms with Crippen LogP contribution in [0.25, 0.3) is 0 Å². The summed E-state index contributed by atoms with van der Waals surface area (Å²) >= 11 is 0. The molecule has 0 saturated carbocycles. The maximum absolute atomic E-state index is 13.4. The van der Waals surface area contributed by atoms with Crippen LogP contribution >= 0.6 is 0 Å². The Hall–Kier alpha value is -1.20. The standard InChI is InChI=1S/C12H15F2NO2/c1-15-10-4-5-16-7-12(10)17-11-6-8(13)2-3-9(11)14/h2-3,6,10,12,15H,4-5,7H2,1H3. The van der Waals surface area contributed by atoms with Crippen LogP contribution in [-0.2, 0) is 4.74 Å². The van der Waals surface area contributed by atoms with E-state index in [4.69, 9.17) is 9.47 Å². The van der Waals surface area contributed by atoms with Gasteiger partial charge in [-0.25, -0.2) is 8.78 Å². The fourth-order valence-corrected chi connectivity index (χ4v) is 1.89. The second-order valence-corrected chi connectivity index (χ2v) is 3.99. The van der Waals surface area contributed by atoms with E-state index in [1.165, 1.54) is 0 Å². The summed E-state index contributed by atoms with van der Waals surface area (Å²) in [6.45, 7) is 1.03. The van der Waals surface area contributed by atoms with Gasteiger partial charge in [-0.1, -0.05) is 0 Å². The van der Waals surface area contributed by atoms with Crippen molar-refractivity contribution in [3.63, 3.8) is 0 Å². The van der Waals surface area contributed by atoms with Crippen LogP contribution < -0.4 is 10.1 Å². The number of nitrogens with one attached hydrogen (secondary N) is 1. The van der Waals surface area contributed by atoms with Crippen molar-refractivity contribution in [2.24, 2.45) is 0 Å². The van der Waals surface area contributed by atoms with Crippen molar-refractivity contribution in [1.82, 2.24) is 5.32 Å². The summed E-state index contributed by atoms with van der Waals surface area (Å²) in [5.74, 6) is -1.15. The summed E-state index contributed by atoms with van der Waals surface area (Å²) in [5.41, 5.74) is 0. The van der Waals surface area contributed by atoms with E-state index in [2.05, 4.69) is 5.32 Å². The SMILES string of the molecule is CNC1CCOCC1Oc1cc(F)ccc1F. The van der Waals surface area contributed by atoms with Crippen molar-refractivity contribution in [3.05, 3.63) is 29.8 Å². The van der Waals surface area contributed by atoms with Crippen molar-refractivity contribution in [3.8, 4) is 5.75 Å². The summed E-state index contributed by atoms with van der Waals surface area (Å²) in [6, 6.07) is 3.26. The van der Waals surface area contributed by atoms with E-state index >= 15 is 0 Å². The van der Waals surface area contributed by atoms with Gasteiger partial charge in [0.15, 0.2) is 11.6 Å². The van der Waals surface area contributed by atoms with Gasteiger partial charge in [-0.3, -0.25) is 0 Å². The van der Waals surface area contributed by atoms with Gasteiger partial charge in [0, 0.05) is 18.7 Å². The molecule has 1 fully saturated rings. The minimum atomic E-state index is -0.563.